The predicted octanol–water partition coefficient (Wildman–Crippen LogP) is 2.08. The van der Waals surface area contributed by atoms with Gasteiger partial charge in [0.25, 0.3) is 5.91 Å². The van der Waals surface area contributed by atoms with Crippen LogP contribution in [0.2, 0.25) is 0 Å². The van der Waals surface area contributed by atoms with E-state index in [4.69, 9.17) is 18.9 Å². The number of amides is 1. The van der Waals surface area contributed by atoms with Crippen LogP contribution in [0.25, 0.3) is 0 Å². The molecule has 2 aromatic heterocycles. The minimum Gasteiger partial charge on any atom is -0.460 e. The molecule has 1 aliphatic heterocycles. The highest BCUT2D eigenvalue weighted by Gasteiger charge is 2.26. The lowest BCUT2D eigenvalue weighted by molar-refractivity contribution is -0.0417. The largest absolute Gasteiger partial charge is 0.460 e. The Hall–Kier alpha value is -3.05. The highest BCUT2D eigenvalue weighted by atomic mass is 79.9. The number of halogens is 1. The predicted molar refractivity (Wildman–Crippen MR) is 114 cm³/mol. The summed E-state index contributed by atoms with van der Waals surface area (Å²) >= 11 is 3.28. The first kappa shape index (κ1) is 22.6. The molecule has 11 heteroatoms. The Bertz CT molecular complexity index is 898. The van der Waals surface area contributed by atoms with E-state index >= 15 is 0 Å². The molecule has 0 aliphatic carbocycles. The second-order valence-electron chi connectivity index (χ2n) is 6.28. The molecule has 2 aromatic rings. The minimum atomic E-state index is -0.364. The van der Waals surface area contributed by atoms with Gasteiger partial charge >= 0.3 is 18.0 Å². The topological polar surface area (TPSA) is 109 Å². The van der Waals surface area contributed by atoms with Crippen molar-refractivity contribution in [1.29, 1.82) is 0 Å². The number of morpholine rings is 1. The van der Waals surface area contributed by atoms with Crippen LogP contribution in [-0.4, -0.2) is 76.4 Å². The van der Waals surface area contributed by atoms with Crippen molar-refractivity contribution in [3.8, 4) is 18.0 Å². The Balaban J connectivity index is 1.62. The van der Waals surface area contributed by atoms with E-state index in [1.165, 1.54) is 0 Å². The Morgan fingerprint density at radius 2 is 1.74 bits per heavy atom. The Morgan fingerprint density at radius 1 is 1.10 bits per heavy atom. The van der Waals surface area contributed by atoms with Gasteiger partial charge in [0.15, 0.2) is 0 Å². The lowest BCUT2D eigenvalue weighted by Crippen LogP contribution is -2.47. The van der Waals surface area contributed by atoms with Gasteiger partial charge in [-0.15, -0.1) is 15.0 Å². The van der Waals surface area contributed by atoms with Crippen molar-refractivity contribution in [2.24, 2.45) is 0 Å². The fourth-order valence-corrected chi connectivity index (χ4v) is 2.99. The molecule has 1 unspecified atom stereocenters. The molecule has 1 amide bonds. The van der Waals surface area contributed by atoms with Crippen molar-refractivity contribution in [3.05, 3.63) is 53.8 Å². The molecule has 0 spiro atoms. The number of carbonyl (C=O) groups excluding carboxylic acids is 1. The molecule has 164 valence electrons. The van der Waals surface area contributed by atoms with Crippen molar-refractivity contribution in [2.75, 3.05) is 39.5 Å². The van der Waals surface area contributed by atoms with Crippen molar-refractivity contribution in [3.63, 3.8) is 0 Å². The van der Waals surface area contributed by atoms with E-state index in [1.54, 1.807) is 35.3 Å². The first-order valence-corrected chi connectivity index (χ1v) is 10.3. The van der Waals surface area contributed by atoms with Gasteiger partial charge in [-0.2, -0.15) is 0 Å². The lowest BCUT2D eigenvalue weighted by atomic mass is 10.2. The van der Waals surface area contributed by atoms with E-state index in [2.05, 4.69) is 49.0 Å². The molecule has 10 nitrogen and oxygen atoms in total. The molecule has 0 radical (unpaired) electrons. The van der Waals surface area contributed by atoms with Gasteiger partial charge in [0.1, 0.15) is 36.2 Å². The zero-order valence-electron chi connectivity index (χ0n) is 16.8. The molecule has 3 rings (SSSR count). The van der Waals surface area contributed by atoms with Gasteiger partial charge in [0.2, 0.25) is 0 Å². The number of pyridine rings is 1. The van der Waals surface area contributed by atoms with Gasteiger partial charge < -0.3 is 23.8 Å². The minimum absolute atomic E-state index is 0.0221. The van der Waals surface area contributed by atoms with Crippen LogP contribution in [0.5, 0.6) is 18.0 Å². The van der Waals surface area contributed by atoms with Crippen molar-refractivity contribution in [2.45, 2.75) is 6.10 Å². The third-order valence-electron chi connectivity index (χ3n) is 3.99. The standard InChI is InChI=1S/C20H22BrN5O5/c1-3-9-29-18-23-19(30-10-4-2)25-20(24-18)31-13-14-12-26(8-11-28-14)17(27)15-6-5-7-16(21)22-15/h3-7,14H,1-2,8-13H2. The molecular weight excluding hydrogens is 470 g/mol. The first-order chi connectivity index (χ1) is 15.1. The van der Waals surface area contributed by atoms with Crippen LogP contribution >= 0.6 is 15.9 Å². The van der Waals surface area contributed by atoms with Crippen LogP contribution in [0.1, 0.15) is 10.5 Å². The Labute approximate surface area is 188 Å². The summed E-state index contributed by atoms with van der Waals surface area (Å²) in [5.74, 6) is -0.171. The van der Waals surface area contributed by atoms with E-state index in [0.717, 1.165) is 0 Å². The number of ether oxygens (including phenoxy) is 4. The molecule has 0 N–H and O–H groups in total. The zero-order chi connectivity index (χ0) is 22.1. The molecule has 3 heterocycles. The summed E-state index contributed by atoms with van der Waals surface area (Å²) < 4.78 is 22.7. The average molecular weight is 492 g/mol. The summed E-state index contributed by atoms with van der Waals surface area (Å²) in [5.41, 5.74) is 0.362. The molecular formula is C20H22BrN5O5. The maximum absolute atomic E-state index is 12.7. The smallest absolute Gasteiger partial charge is 0.326 e. The van der Waals surface area contributed by atoms with Gasteiger partial charge in [0, 0.05) is 6.54 Å². The van der Waals surface area contributed by atoms with E-state index in [9.17, 15) is 4.79 Å². The summed E-state index contributed by atoms with van der Waals surface area (Å²) in [7, 11) is 0. The van der Waals surface area contributed by atoms with Crippen LogP contribution in [0.15, 0.2) is 48.1 Å². The number of hydrogen-bond donors (Lipinski definition) is 0. The van der Waals surface area contributed by atoms with Crippen LogP contribution in [0.3, 0.4) is 0 Å². The number of nitrogens with zero attached hydrogens (tertiary/aromatic N) is 5. The van der Waals surface area contributed by atoms with E-state index in [-0.39, 0.29) is 49.9 Å². The maximum atomic E-state index is 12.7. The monoisotopic (exact) mass is 491 g/mol. The molecule has 1 aliphatic rings. The van der Waals surface area contributed by atoms with E-state index in [0.29, 0.717) is 30.0 Å². The van der Waals surface area contributed by atoms with Gasteiger partial charge in [-0.1, -0.05) is 31.4 Å². The number of aromatic nitrogens is 4. The van der Waals surface area contributed by atoms with Crippen LogP contribution < -0.4 is 14.2 Å². The third kappa shape index (κ3) is 6.72. The fraction of sp³-hybridized carbons (Fsp3) is 0.350. The van der Waals surface area contributed by atoms with Crippen LogP contribution in [-0.2, 0) is 4.74 Å². The van der Waals surface area contributed by atoms with Crippen molar-refractivity contribution >= 4 is 21.8 Å². The normalized spacial score (nSPS) is 15.8. The number of rotatable bonds is 10. The quantitative estimate of drug-likeness (QED) is 0.364. The van der Waals surface area contributed by atoms with Crippen molar-refractivity contribution < 1.29 is 23.7 Å². The summed E-state index contributed by atoms with van der Waals surface area (Å²) in [6.45, 7) is 8.93. The van der Waals surface area contributed by atoms with Gasteiger partial charge in [0.05, 0.1) is 13.2 Å². The number of carbonyl (C=O) groups is 1. The molecule has 0 aromatic carbocycles. The second kappa shape index (κ2) is 11.4. The zero-order valence-corrected chi connectivity index (χ0v) is 18.4. The maximum Gasteiger partial charge on any atom is 0.326 e. The third-order valence-corrected chi connectivity index (χ3v) is 4.43. The summed E-state index contributed by atoms with van der Waals surface area (Å²) in [4.78, 5) is 30.9. The average Bonchev–Trinajstić information content (AvgIpc) is 2.79. The summed E-state index contributed by atoms with van der Waals surface area (Å²) in [6.07, 6.45) is 2.77. The molecule has 0 saturated carbocycles. The molecule has 1 atom stereocenters. The summed E-state index contributed by atoms with van der Waals surface area (Å²) in [5, 5.41) is 0. The van der Waals surface area contributed by atoms with Crippen molar-refractivity contribution in [1.82, 2.24) is 24.8 Å². The van der Waals surface area contributed by atoms with Crippen LogP contribution in [0.4, 0.5) is 0 Å². The molecule has 1 saturated heterocycles. The SMILES string of the molecule is C=CCOc1nc(OCC=C)nc(OCC2CN(C(=O)c3cccc(Br)n3)CCO2)n1. The highest BCUT2D eigenvalue weighted by Crippen LogP contribution is 2.17. The van der Waals surface area contributed by atoms with Crippen LogP contribution in [0, 0.1) is 0 Å². The van der Waals surface area contributed by atoms with Gasteiger partial charge in [-0.25, -0.2) is 4.98 Å². The van der Waals surface area contributed by atoms with E-state index < -0.39 is 0 Å². The number of hydrogen-bond acceptors (Lipinski definition) is 9. The highest BCUT2D eigenvalue weighted by molar-refractivity contribution is 9.10. The lowest BCUT2D eigenvalue weighted by Gasteiger charge is -2.32. The Morgan fingerprint density at radius 3 is 2.35 bits per heavy atom. The molecule has 31 heavy (non-hydrogen) atoms. The second-order valence-corrected chi connectivity index (χ2v) is 7.10. The van der Waals surface area contributed by atoms with Gasteiger partial charge in [-0.05, 0) is 28.1 Å². The summed E-state index contributed by atoms with van der Waals surface area (Å²) in [6, 6.07) is 5.33. The molecule has 1 fully saturated rings. The fourth-order valence-electron chi connectivity index (χ4n) is 2.64. The Kier molecular flexibility index (Phi) is 8.30. The molecule has 0 bridgehead atoms. The van der Waals surface area contributed by atoms with E-state index in [1.807, 2.05) is 0 Å². The van der Waals surface area contributed by atoms with Gasteiger partial charge in [-0.3, -0.25) is 4.79 Å². The first-order valence-electron chi connectivity index (χ1n) is 9.48.